The Balaban J connectivity index is 1.63. The van der Waals surface area contributed by atoms with E-state index < -0.39 is 0 Å². The van der Waals surface area contributed by atoms with Crippen molar-refractivity contribution in [3.63, 3.8) is 0 Å². The van der Waals surface area contributed by atoms with Gasteiger partial charge in [-0.25, -0.2) is 0 Å². The normalized spacial score (nSPS) is 17.7. The first kappa shape index (κ1) is 14.8. The maximum Gasteiger partial charge on any atom is 0.0894 e. The van der Waals surface area contributed by atoms with Gasteiger partial charge in [0.05, 0.1) is 6.67 Å². The van der Waals surface area contributed by atoms with E-state index in [-0.39, 0.29) is 15.5 Å². The molecule has 0 spiro atoms. The first-order valence-electron chi connectivity index (χ1n) is 7.84. The number of rotatable bonds is 7. The number of hydrogen-bond donors (Lipinski definition) is 0. The topological polar surface area (TPSA) is 0 Å². The molecule has 0 bridgehead atoms. The lowest BCUT2D eigenvalue weighted by Crippen LogP contribution is -2.20. The van der Waals surface area contributed by atoms with Crippen molar-refractivity contribution < 1.29 is 4.39 Å². The van der Waals surface area contributed by atoms with E-state index in [1.807, 2.05) is 0 Å². The smallest absolute Gasteiger partial charge is 0.0894 e. The Kier molecular flexibility index (Phi) is 6.62. The lowest BCUT2D eigenvalue weighted by atomic mass is 9.94. The molecule has 0 atom stereocenters. The van der Waals surface area contributed by atoms with Crippen molar-refractivity contribution in [2.45, 2.75) is 62.6 Å². The van der Waals surface area contributed by atoms with Crippen molar-refractivity contribution in [3.8, 4) is 0 Å². The van der Waals surface area contributed by atoms with E-state index in [1.165, 1.54) is 43.8 Å². The summed E-state index contributed by atoms with van der Waals surface area (Å²) in [5.74, 6) is 0.821. The van der Waals surface area contributed by atoms with Gasteiger partial charge in [-0.05, 0) is 30.7 Å². The van der Waals surface area contributed by atoms with Crippen LogP contribution in [0.4, 0.5) is 4.39 Å². The summed E-state index contributed by atoms with van der Waals surface area (Å²) >= 11 is 0. The van der Waals surface area contributed by atoms with Crippen molar-refractivity contribution in [1.29, 1.82) is 0 Å². The molecule has 0 unspecified atom stereocenters. The van der Waals surface area contributed by atoms with E-state index in [4.69, 9.17) is 0 Å². The first-order valence-corrected chi connectivity index (χ1v) is 9.97. The molecular formula is C17H26FSi. The van der Waals surface area contributed by atoms with Crippen LogP contribution in [-0.4, -0.2) is 15.5 Å². The summed E-state index contributed by atoms with van der Waals surface area (Å²) in [6.45, 7) is -0.128. The van der Waals surface area contributed by atoms with E-state index in [2.05, 4.69) is 30.3 Å². The molecular weight excluding hydrogens is 251 g/mol. The van der Waals surface area contributed by atoms with E-state index >= 15 is 0 Å². The molecule has 1 radical (unpaired) electrons. The van der Waals surface area contributed by atoms with Gasteiger partial charge in [-0.1, -0.05) is 67.7 Å². The van der Waals surface area contributed by atoms with Crippen molar-refractivity contribution in [2.24, 2.45) is 0 Å². The highest BCUT2D eigenvalue weighted by molar-refractivity contribution is 6.59. The Morgan fingerprint density at radius 1 is 0.947 bits per heavy atom. The van der Waals surface area contributed by atoms with E-state index in [1.54, 1.807) is 5.56 Å². The molecule has 1 heterocycles. The summed E-state index contributed by atoms with van der Waals surface area (Å²) < 4.78 is 12.0. The average molecular weight is 277 g/mol. The second-order valence-corrected chi connectivity index (χ2v) is 8.79. The molecule has 1 aromatic rings. The molecule has 2 heteroatoms. The van der Waals surface area contributed by atoms with Crippen molar-refractivity contribution in [2.75, 3.05) is 6.67 Å². The van der Waals surface area contributed by atoms with Crippen LogP contribution >= 0.6 is 0 Å². The molecule has 0 N–H and O–H groups in total. The number of alkyl halides is 1. The minimum absolute atomic E-state index is 0.0684. The molecule has 0 aliphatic carbocycles. The van der Waals surface area contributed by atoms with E-state index in [0.717, 1.165) is 18.8 Å². The summed E-state index contributed by atoms with van der Waals surface area (Å²) in [4.78, 5) is 0. The van der Waals surface area contributed by atoms with Gasteiger partial charge in [0, 0.05) is 8.80 Å². The highest BCUT2D eigenvalue weighted by Crippen LogP contribution is 2.34. The van der Waals surface area contributed by atoms with Crippen LogP contribution in [-0.2, 0) is 0 Å². The molecule has 0 amide bonds. The van der Waals surface area contributed by atoms with Crippen LogP contribution in [0.1, 0.15) is 50.0 Å². The van der Waals surface area contributed by atoms with Gasteiger partial charge in [-0.15, -0.1) is 0 Å². The van der Waals surface area contributed by atoms with Crippen molar-refractivity contribution >= 4 is 8.80 Å². The quantitative estimate of drug-likeness (QED) is 0.450. The highest BCUT2D eigenvalue weighted by atomic mass is 28.3. The van der Waals surface area contributed by atoms with Crippen LogP contribution in [0.3, 0.4) is 0 Å². The van der Waals surface area contributed by atoms with Crippen LogP contribution in [0.5, 0.6) is 0 Å². The minimum atomic E-state index is -0.128. The molecule has 2 rings (SSSR count). The molecule has 1 fully saturated rings. The Morgan fingerprint density at radius 2 is 1.63 bits per heavy atom. The molecule has 0 saturated carbocycles. The largest absolute Gasteiger partial charge is 0.251 e. The van der Waals surface area contributed by atoms with Gasteiger partial charge in [0.1, 0.15) is 0 Å². The molecule has 19 heavy (non-hydrogen) atoms. The Bertz CT molecular complexity index is 330. The van der Waals surface area contributed by atoms with Crippen molar-refractivity contribution in [3.05, 3.63) is 35.9 Å². The Morgan fingerprint density at radius 3 is 2.32 bits per heavy atom. The molecule has 0 nitrogen and oxygen atoms in total. The first-order chi connectivity index (χ1) is 9.40. The van der Waals surface area contributed by atoms with Crippen molar-refractivity contribution in [1.82, 2.24) is 0 Å². The molecule has 1 saturated heterocycles. The van der Waals surface area contributed by atoms with Crippen LogP contribution in [0.2, 0.25) is 18.1 Å². The van der Waals surface area contributed by atoms with Gasteiger partial charge in [0.2, 0.25) is 0 Å². The Labute approximate surface area is 119 Å². The zero-order valence-corrected chi connectivity index (χ0v) is 12.9. The van der Waals surface area contributed by atoms with Gasteiger partial charge < -0.3 is 0 Å². The number of halogens is 1. The second-order valence-electron chi connectivity index (χ2n) is 5.79. The fraction of sp³-hybridized carbons (Fsp3) is 0.647. The van der Waals surface area contributed by atoms with Crippen LogP contribution in [0, 0.1) is 0 Å². The zero-order valence-electron chi connectivity index (χ0n) is 11.9. The molecule has 105 valence electrons. The predicted octanol–water partition coefficient (Wildman–Crippen LogP) is 5.59. The fourth-order valence-corrected chi connectivity index (χ4v) is 6.17. The number of hydrogen-bond acceptors (Lipinski definition) is 0. The maximum absolute atomic E-state index is 12.0. The number of benzene rings is 1. The van der Waals surface area contributed by atoms with Crippen LogP contribution in [0.25, 0.3) is 0 Å². The summed E-state index contributed by atoms with van der Waals surface area (Å²) in [7, 11) is -0.0684. The maximum atomic E-state index is 12.0. The average Bonchev–Trinajstić information content (AvgIpc) is 2.49. The lowest BCUT2D eigenvalue weighted by molar-refractivity contribution is 0.455. The third-order valence-corrected chi connectivity index (χ3v) is 7.43. The van der Waals surface area contributed by atoms with Crippen LogP contribution < -0.4 is 0 Å². The van der Waals surface area contributed by atoms with Gasteiger partial charge in [0.25, 0.3) is 0 Å². The third-order valence-electron chi connectivity index (χ3n) is 4.38. The zero-order chi connectivity index (χ0) is 13.3. The van der Waals surface area contributed by atoms with Gasteiger partial charge in [-0.2, -0.15) is 0 Å². The van der Waals surface area contributed by atoms with Gasteiger partial charge in [0.15, 0.2) is 0 Å². The minimum Gasteiger partial charge on any atom is -0.251 e. The summed E-state index contributed by atoms with van der Waals surface area (Å²) in [5.41, 5.74) is 1.55. The summed E-state index contributed by atoms with van der Waals surface area (Å²) in [5, 5.41) is 0. The number of unbranched alkanes of at least 4 members (excludes halogenated alkanes) is 3. The van der Waals surface area contributed by atoms with E-state index in [0.29, 0.717) is 0 Å². The monoisotopic (exact) mass is 277 g/mol. The second kappa shape index (κ2) is 8.52. The summed E-state index contributed by atoms with van der Waals surface area (Å²) in [6.07, 6.45) is 7.28. The van der Waals surface area contributed by atoms with Gasteiger partial charge in [-0.3, -0.25) is 4.39 Å². The summed E-state index contributed by atoms with van der Waals surface area (Å²) in [6, 6.07) is 15.5. The molecule has 1 aliphatic rings. The lowest BCUT2D eigenvalue weighted by Gasteiger charge is -2.27. The Hall–Kier alpha value is -0.633. The molecule has 0 aromatic heterocycles. The third kappa shape index (κ3) is 5.10. The fourth-order valence-electron chi connectivity index (χ4n) is 3.16. The SMILES string of the molecule is FCCCCCC[Si]1CCC(c2ccccc2)CC1. The van der Waals surface area contributed by atoms with Crippen LogP contribution in [0.15, 0.2) is 30.3 Å². The molecule has 1 aliphatic heterocycles. The van der Waals surface area contributed by atoms with Gasteiger partial charge >= 0.3 is 0 Å². The van der Waals surface area contributed by atoms with E-state index in [9.17, 15) is 4.39 Å². The standard InChI is InChI=1S/C17H26FSi/c18-12-6-1-2-7-13-19-14-10-17(11-15-19)16-8-4-3-5-9-16/h3-5,8-9,17H,1-2,6-7,10-15H2. The molecule has 1 aromatic carbocycles. The highest BCUT2D eigenvalue weighted by Gasteiger charge is 2.22. The predicted molar refractivity (Wildman–Crippen MR) is 83.0 cm³/mol.